The molecule has 1 fully saturated rings. The number of hydrogen-bond acceptors (Lipinski definition) is 2. The minimum absolute atomic E-state index is 0.0134. The summed E-state index contributed by atoms with van der Waals surface area (Å²) in [7, 11) is 0. The second-order valence-corrected chi connectivity index (χ2v) is 4.36. The highest BCUT2D eigenvalue weighted by Gasteiger charge is 2.63. The standard InChI is InChI=1S/C10H18F3NO/c1-3-8(15,4-2)7-14-9(5-6-9)10(11,12)13/h14-15H,3-7H2,1-2H3. The zero-order valence-corrected chi connectivity index (χ0v) is 9.12. The minimum Gasteiger partial charge on any atom is -0.389 e. The van der Waals surface area contributed by atoms with Gasteiger partial charge in [-0.2, -0.15) is 13.2 Å². The van der Waals surface area contributed by atoms with Gasteiger partial charge in [-0.15, -0.1) is 0 Å². The van der Waals surface area contributed by atoms with Crippen LogP contribution in [-0.2, 0) is 0 Å². The van der Waals surface area contributed by atoms with Gasteiger partial charge >= 0.3 is 6.18 Å². The summed E-state index contributed by atoms with van der Waals surface area (Å²) in [5, 5.41) is 12.3. The Morgan fingerprint density at radius 2 is 1.67 bits per heavy atom. The number of β-amino-alcohol motifs (C(OH)–C–C–N with tert-alkyl or cyclic N) is 1. The topological polar surface area (TPSA) is 32.3 Å². The molecule has 0 atom stereocenters. The Hall–Kier alpha value is -0.290. The number of aliphatic hydroxyl groups is 1. The Kier molecular flexibility index (Phi) is 3.36. The lowest BCUT2D eigenvalue weighted by Gasteiger charge is -2.29. The van der Waals surface area contributed by atoms with Crippen molar-refractivity contribution < 1.29 is 18.3 Å². The normalized spacial score (nSPS) is 20.4. The van der Waals surface area contributed by atoms with Crippen molar-refractivity contribution in [1.82, 2.24) is 5.32 Å². The fourth-order valence-electron chi connectivity index (χ4n) is 1.52. The van der Waals surface area contributed by atoms with Crippen LogP contribution in [0.3, 0.4) is 0 Å². The molecule has 2 N–H and O–H groups in total. The molecular formula is C10H18F3NO. The van der Waals surface area contributed by atoms with E-state index in [0.29, 0.717) is 12.8 Å². The molecule has 5 heteroatoms. The predicted octanol–water partition coefficient (Wildman–Crippen LogP) is 2.22. The molecular weight excluding hydrogens is 207 g/mol. The first kappa shape index (κ1) is 12.8. The van der Waals surface area contributed by atoms with Crippen LogP contribution in [0.5, 0.6) is 0 Å². The Labute approximate surface area is 87.9 Å². The monoisotopic (exact) mass is 225 g/mol. The van der Waals surface area contributed by atoms with E-state index in [1.54, 1.807) is 13.8 Å². The molecule has 1 aliphatic carbocycles. The van der Waals surface area contributed by atoms with Crippen molar-refractivity contribution in [3.63, 3.8) is 0 Å². The van der Waals surface area contributed by atoms with Crippen molar-refractivity contribution in [1.29, 1.82) is 0 Å². The molecule has 0 aromatic rings. The van der Waals surface area contributed by atoms with Crippen LogP contribution in [0.1, 0.15) is 39.5 Å². The van der Waals surface area contributed by atoms with Crippen molar-refractivity contribution in [2.24, 2.45) is 0 Å². The smallest absolute Gasteiger partial charge is 0.389 e. The second-order valence-electron chi connectivity index (χ2n) is 4.36. The lowest BCUT2D eigenvalue weighted by atomic mass is 9.97. The van der Waals surface area contributed by atoms with Crippen molar-refractivity contribution in [3.05, 3.63) is 0 Å². The molecule has 0 aliphatic heterocycles. The summed E-state index contributed by atoms with van der Waals surface area (Å²) < 4.78 is 37.6. The number of halogens is 3. The van der Waals surface area contributed by atoms with Gasteiger partial charge in [0, 0.05) is 6.54 Å². The maximum absolute atomic E-state index is 12.5. The summed E-state index contributed by atoms with van der Waals surface area (Å²) in [6.45, 7) is 3.57. The van der Waals surface area contributed by atoms with Crippen LogP contribution in [-0.4, -0.2) is 29.0 Å². The van der Waals surface area contributed by atoms with Crippen LogP contribution < -0.4 is 5.32 Å². The van der Waals surface area contributed by atoms with E-state index in [1.165, 1.54) is 0 Å². The van der Waals surface area contributed by atoms with Gasteiger partial charge in [-0.25, -0.2) is 0 Å². The van der Waals surface area contributed by atoms with E-state index < -0.39 is 17.3 Å². The molecule has 0 saturated heterocycles. The third-order valence-electron chi connectivity index (χ3n) is 3.36. The summed E-state index contributed by atoms with van der Waals surface area (Å²) in [4.78, 5) is 0. The van der Waals surface area contributed by atoms with Gasteiger partial charge in [0.15, 0.2) is 0 Å². The summed E-state index contributed by atoms with van der Waals surface area (Å²) in [6.07, 6.45) is -3.02. The molecule has 90 valence electrons. The van der Waals surface area contributed by atoms with E-state index in [4.69, 9.17) is 0 Å². The summed E-state index contributed by atoms with van der Waals surface area (Å²) in [5.74, 6) is 0. The third-order valence-corrected chi connectivity index (χ3v) is 3.36. The Balaban J connectivity index is 2.50. The maximum Gasteiger partial charge on any atom is 0.406 e. The first-order valence-corrected chi connectivity index (χ1v) is 5.33. The molecule has 0 unspecified atom stereocenters. The molecule has 0 radical (unpaired) electrons. The number of rotatable bonds is 5. The van der Waals surface area contributed by atoms with E-state index >= 15 is 0 Å². The molecule has 15 heavy (non-hydrogen) atoms. The zero-order chi connectivity index (χ0) is 11.7. The van der Waals surface area contributed by atoms with E-state index in [-0.39, 0.29) is 19.4 Å². The minimum atomic E-state index is -4.20. The van der Waals surface area contributed by atoms with E-state index in [9.17, 15) is 18.3 Å². The first-order valence-electron chi connectivity index (χ1n) is 5.33. The van der Waals surface area contributed by atoms with Crippen molar-refractivity contribution in [3.8, 4) is 0 Å². The zero-order valence-electron chi connectivity index (χ0n) is 9.12. The Morgan fingerprint density at radius 1 is 1.20 bits per heavy atom. The summed E-state index contributed by atoms with van der Waals surface area (Å²) in [5.41, 5.74) is -2.73. The number of hydrogen-bond donors (Lipinski definition) is 2. The molecule has 1 saturated carbocycles. The predicted molar refractivity (Wildman–Crippen MR) is 51.6 cm³/mol. The van der Waals surface area contributed by atoms with Gasteiger partial charge in [-0.05, 0) is 25.7 Å². The molecule has 1 aliphatic rings. The highest BCUT2D eigenvalue weighted by atomic mass is 19.4. The quantitative estimate of drug-likeness (QED) is 0.752. The average Bonchev–Trinajstić information content (AvgIpc) is 2.94. The van der Waals surface area contributed by atoms with Gasteiger partial charge in [0.1, 0.15) is 5.54 Å². The van der Waals surface area contributed by atoms with Crippen LogP contribution in [0, 0.1) is 0 Å². The van der Waals surface area contributed by atoms with Crippen LogP contribution in [0.25, 0.3) is 0 Å². The van der Waals surface area contributed by atoms with Gasteiger partial charge in [0.25, 0.3) is 0 Å². The van der Waals surface area contributed by atoms with E-state index in [2.05, 4.69) is 5.32 Å². The van der Waals surface area contributed by atoms with Gasteiger partial charge in [0.05, 0.1) is 5.60 Å². The molecule has 1 rings (SSSR count). The summed E-state index contributed by atoms with van der Waals surface area (Å²) >= 11 is 0. The summed E-state index contributed by atoms with van der Waals surface area (Å²) in [6, 6.07) is 0. The van der Waals surface area contributed by atoms with Crippen LogP contribution in [0.2, 0.25) is 0 Å². The van der Waals surface area contributed by atoms with Crippen molar-refractivity contribution >= 4 is 0 Å². The third kappa shape index (κ3) is 2.64. The fraction of sp³-hybridized carbons (Fsp3) is 1.00. The van der Waals surface area contributed by atoms with Gasteiger partial charge in [-0.3, -0.25) is 0 Å². The lowest BCUT2D eigenvalue weighted by molar-refractivity contribution is -0.168. The van der Waals surface area contributed by atoms with E-state index in [0.717, 1.165) is 0 Å². The molecule has 0 aromatic heterocycles. The largest absolute Gasteiger partial charge is 0.406 e. The number of nitrogens with one attached hydrogen (secondary N) is 1. The highest BCUT2D eigenvalue weighted by Crippen LogP contribution is 2.49. The van der Waals surface area contributed by atoms with Gasteiger partial charge < -0.3 is 10.4 Å². The SMILES string of the molecule is CCC(O)(CC)CNC1(C(F)(F)F)CC1. The van der Waals surface area contributed by atoms with Crippen LogP contribution in [0.15, 0.2) is 0 Å². The fourth-order valence-corrected chi connectivity index (χ4v) is 1.52. The lowest BCUT2D eigenvalue weighted by Crippen LogP contribution is -2.51. The Bertz CT molecular complexity index is 219. The highest BCUT2D eigenvalue weighted by molar-refractivity contribution is 5.08. The van der Waals surface area contributed by atoms with Crippen LogP contribution in [0.4, 0.5) is 13.2 Å². The molecule has 0 spiro atoms. The average molecular weight is 225 g/mol. The van der Waals surface area contributed by atoms with Crippen LogP contribution >= 0.6 is 0 Å². The van der Waals surface area contributed by atoms with Gasteiger partial charge in [0.2, 0.25) is 0 Å². The van der Waals surface area contributed by atoms with E-state index in [1.807, 2.05) is 0 Å². The molecule has 2 nitrogen and oxygen atoms in total. The molecule has 0 heterocycles. The first-order chi connectivity index (χ1) is 6.79. The Morgan fingerprint density at radius 3 is 1.93 bits per heavy atom. The van der Waals surface area contributed by atoms with Crippen molar-refractivity contribution in [2.45, 2.75) is 56.8 Å². The molecule has 0 bridgehead atoms. The van der Waals surface area contributed by atoms with Gasteiger partial charge in [-0.1, -0.05) is 13.8 Å². The maximum atomic E-state index is 12.5. The number of alkyl halides is 3. The van der Waals surface area contributed by atoms with Crippen molar-refractivity contribution in [2.75, 3.05) is 6.54 Å². The molecule has 0 aromatic carbocycles. The molecule has 0 amide bonds. The second kappa shape index (κ2) is 3.94.